The molecule has 0 aromatic carbocycles. The number of pyridine rings is 1. The highest BCUT2D eigenvalue weighted by molar-refractivity contribution is 7.97. The first-order chi connectivity index (χ1) is 12.2. The molecule has 0 aliphatic carbocycles. The van der Waals surface area contributed by atoms with Gasteiger partial charge in [-0.3, -0.25) is 14.6 Å². The highest BCUT2D eigenvalue weighted by atomic mass is 32.2. The fourth-order valence-electron chi connectivity index (χ4n) is 2.09. The van der Waals surface area contributed by atoms with Crippen molar-refractivity contribution in [2.45, 2.75) is 12.3 Å². The van der Waals surface area contributed by atoms with Crippen LogP contribution in [0.15, 0.2) is 40.6 Å². The van der Waals surface area contributed by atoms with Crippen molar-refractivity contribution in [1.29, 1.82) is 0 Å². The Labute approximate surface area is 152 Å². The molecule has 2 N–H and O–H groups in total. The maximum Gasteiger partial charge on any atom is 0.270 e. The van der Waals surface area contributed by atoms with Gasteiger partial charge in [-0.15, -0.1) is 11.3 Å². The summed E-state index contributed by atoms with van der Waals surface area (Å²) in [6.07, 6.45) is 3.61. The Kier molecular flexibility index (Phi) is 5.56. The molecule has 0 unspecified atom stereocenters. The number of hydrogen-bond donors (Lipinski definition) is 2. The molecule has 0 radical (unpaired) electrons. The minimum atomic E-state index is -0.402. The average Bonchev–Trinajstić information content (AvgIpc) is 3.09. The minimum absolute atomic E-state index is 0.105. The van der Waals surface area contributed by atoms with Gasteiger partial charge in [0.1, 0.15) is 16.5 Å². The number of rotatable bonds is 6. The van der Waals surface area contributed by atoms with Gasteiger partial charge in [0.15, 0.2) is 0 Å². The summed E-state index contributed by atoms with van der Waals surface area (Å²) >= 11 is 2.98. The third-order valence-electron chi connectivity index (χ3n) is 3.17. The summed E-state index contributed by atoms with van der Waals surface area (Å²) in [6.45, 7) is 0.258. The van der Waals surface area contributed by atoms with Crippen molar-refractivity contribution in [2.75, 3.05) is 6.26 Å². The predicted octanol–water partition coefficient (Wildman–Crippen LogP) is 2.08. The Morgan fingerprint density at radius 3 is 3.00 bits per heavy atom. The van der Waals surface area contributed by atoms with Gasteiger partial charge in [-0.1, -0.05) is 6.07 Å². The van der Waals surface area contributed by atoms with Crippen LogP contribution in [0.25, 0.3) is 10.7 Å². The molecule has 0 aliphatic heterocycles. The van der Waals surface area contributed by atoms with Crippen LogP contribution >= 0.6 is 23.1 Å². The molecule has 3 aromatic heterocycles. The lowest BCUT2D eigenvalue weighted by atomic mass is 10.3. The van der Waals surface area contributed by atoms with Crippen LogP contribution in [0.1, 0.15) is 22.0 Å². The molecule has 9 heteroatoms. The fourth-order valence-corrected chi connectivity index (χ4v) is 3.29. The van der Waals surface area contributed by atoms with Crippen LogP contribution in [0.4, 0.5) is 0 Å². The van der Waals surface area contributed by atoms with E-state index in [0.29, 0.717) is 11.6 Å². The van der Waals surface area contributed by atoms with Crippen molar-refractivity contribution < 1.29 is 4.79 Å². The topological polar surface area (TPSA) is 101 Å². The van der Waals surface area contributed by atoms with Crippen molar-refractivity contribution in [2.24, 2.45) is 0 Å². The lowest BCUT2D eigenvalue weighted by molar-refractivity contribution is 0.0945. The summed E-state index contributed by atoms with van der Waals surface area (Å²) in [5, 5.41) is 5.40. The van der Waals surface area contributed by atoms with Gasteiger partial charge in [0, 0.05) is 17.6 Å². The molecule has 0 saturated heterocycles. The van der Waals surface area contributed by atoms with Gasteiger partial charge in [0.2, 0.25) is 0 Å². The second kappa shape index (κ2) is 8.04. The van der Waals surface area contributed by atoms with E-state index in [1.807, 2.05) is 29.8 Å². The zero-order valence-electron chi connectivity index (χ0n) is 13.4. The number of amides is 1. The normalized spacial score (nSPS) is 10.6. The Hall–Kier alpha value is -2.52. The molecule has 0 saturated carbocycles. The van der Waals surface area contributed by atoms with Crippen LogP contribution in [0.5, 0.6) is 0 Å². The van der Waals surface area contributed by atoms with E-state index < -0.39 is 5.91 Å². The van der Waals surface area contributed by atoms with Gasteiger partial charge >= 0.3 is 0 Å². The number of nitrogens with zero attached hydrogens (tertiary/aromatic N) is 3. The largest absolute Gasteiger partial charge is 0.345 e. The van der Waals surface area contributed by atoms with Gasteiger partial charge in [0.25, 0.3) is 11.5 Å². The minimum Gasteiger partial charge on any atom is -0.345 e. The summed E-state index contributed by atoms with van der Waals surface area (Å²) < 4.78 is 0. The van der Waals surface area contributed by atoms with Crippen LogP contribution in [0.3, 0.4) is 0 Å². The number of nitrogens with one attached hydrogen (secondary N) is 2. The molecule has 0 aliphatic rings. The number of hydrogen-bond acceptors (Lipinski definition) is 7. The monoisotopic (exact) mass is 373 g/mol. The standard InChI is InChI=1S/C16H15N5O2S2/c1-24-9-13-20-12(6-14(22)21-13)15(23)18-7-10-8-25-16(19-10)11-4-2-3-5-17-11/h2-6,8H,7,9H2,1H3,(H,18,23)(H,20,21,22). The van der Waals surface area contributed by atoms with Crippen molar-refractivity contribution in [3.8, 4) is 10.7 Å². The number of aromatic nitrogens is 4. The quantitative estimate of drug-likeness (QED) is 0.686. The van der Waals surface area contributed by atoms with E-state index in [9.17, 15) is 9.59 Å². The van der Waals surface area contributed by atoms with E-state index in [4.69, 9.17) is 0 Å². The molecule has 128 valence electrons. The molecule has 3 aromatic rings. The van der Waals surface area contributed by atoms with Crippen LogP contribution < -0.4 is 10.9 Å². The highest BCUT2D eigenvalue weighted by Crippen LogP contribution is 2.21. The van der Waals surface area contributed by atoms with Gasteiger partial charge in [-0.2, -0.15) is 11.8 Å². The molecule has 25 heavy (non-hydrogen) atoms. The van der Waals surface area contributed by atoms with E-state index in [2.05, 4.69) is 25.3 Å². The van der Waals surface area contributed by atoms with Crippen molar-refractivity contribution >= 4 is 29.0 Å². The van der Waals surface area contributed by atoms with E-state index in [-0.39, 0.29) is 17.8 Å². The fraction of sp³-hybridized carbons (Fsp3) is 0.188. The zero-order chi connectivity index (χ0) is 17.6. The molecule has 0 fully saturated rings. The smallest absolute Gasteiger partial charge is 0.270 e. The third kappa shape index (κ3) is 4.52. The number of carbonyl (C=O) groups is 1. The van der Waals surface area contributed by atoms with Crippen molar-refractivity contribution in [1.82, 2.24) is 25.3 Å². The first-order valence-corrected chi connectivity index (χ1v) is 9.66. The van der Waals surface area contributed by atoms with Crippen LogP contribution in [0.2, 0.25) is 0 Å². The molecule has 0 spiro atoms. The summed E-state index contributed by atoms with van der Waals surface area (Å²) in [6, 6.07) is 6.82. The molecule has 3 heterocycles. The SMILES string of the molecule is CSCc1nc(C(=O)NCc2csc(-c3ccccn3)n2)cc(=O)[nH]1. The Morgan fingerprint density at radius 2 is 2.24 bits per heavy atom. The molecule has 0 atom stereocenters. The van der Waals surface area contributed by atoms with E-state index in [1.165, 1.54) is 29.2 Å². The van der Waals surface area contributed by atoms with Gasteiger partial charge in [-0.25, -0.2) is 9.97 Å². The number of H-pyrrole nitrogens is 1. The Bertz CT molecular complexity index is 924. The molecule has 3 rings (SSSR count). The number of aromatic amines is 1. The summed E-state index contributed by atoms with van der Waals surface area (Å²) in [5.74, 6) is 0.618. The molecule has 0 bridgehead atoms. The molecule has 7 nitrogen and oxygen atoms in total. The predicted molar refractivity (Wildman–Crippen MR) is 98.6 cm³/mol. The maximum absolute atomic E-state index is 12.2. The lowest BCUT2D eigenvalue weighted by Gasteiger charge is -2.04. The highest BCUT2D eigenvalue weighted by Gasteiger charge is 2.11. The third-order valence-corrected chi connectivity index (χ3v) is 4.65. The molecular formula is C16H15N5O2S2. The van der Waals surface area contributed by atoms with E-state index in [0.717, 1.165) is 16.4 Å². The summed E-state index contributed by atoms with van der Waals surface area (Å²) in [7, 11) is 0. The zero-order valence-corrected chi connectivity index (χ0v) is 15.0. The van der Waals surface area contributed by atoms with E-state index in [1.54, 1.807) is 6.20 Å². The number of thiazole rings is 1. The maximum atomic E-state index is 12.2. The van der Waals surface area contributed by atoms with Gasteiger partial charge in [-0.05, 0) is 18.4 Å². The molecular weight excluding hydrogens is 358 g/mol. The van der Waals surface area contributed by atoms with Crippen LogP contribution in [-0.2, 0) is 12.3 Å². The van der Waals surface area contributed by atoms with Gasteiger partial charge < -0.3 is 10.3 Å². The first kappa shape index (κ1) is 17.3. The Morgan fingerprint density at radius 1 is 1.36 bits per heavy atom. The van der Waals surface area contributed by atoms with Crippen LogP contribution in [-0.4, -0.2) is 32.1 Å². The number of thioether (sulfide) groups is 1. The lowest BCUT2D eigenvalue weighted by Crippen LogP contribution is -2.26. The first-order valence-electron chi connectivity index (χ1n) is 7.39. The second-order valence-electron chi connectivity index (χ2n) is 5.05. The number of carbonyl (C=O) groups excluding carboxylic acids is 1. The summed E-state index contributed by atoms with van der Waals surface area (Å²) in [5.41, 5.74) is 1.29. The van der Waals surface area contributed by atoms with Gasteiger partial charge in [0.05, 0.1) is 23.7 Å². The summed E-state index contributed by atoms with van der Waals surface area (Å²) in [4.78, 5) is 39.4. The molecule has 1 amide bonds. The second-order valence-corrected chi connectivity index (χ2v) is 6.78. The average molecular weight is 373 g/mol. The van der Waals surface area contributed by atoms with E-state index >= 15 is 0 Å². The van der Waals surface area contributed by atoms with Crippen molar-refractivity contribution in [3.05, 3.63) is 63.4 Å². The Balaban J connectivity index is 1.67. The van der Waals surface area contributed by atoms with Crippen LogP contribution in [0, 0.1) is 0 Å². The van der Waals surface area contributed by atoms with Crippen molar-refractivity contribution in [3.63, 3.8) is 0 Å².